The number of aliphatic carboxylic acids is 1. The van der Waals surface area contributed by atoms with Crippen LogP contribution in [0.2, 0.25) is 0 Å². The van der Waals surface area contributed by atoms with Gasteiger partial charge in [-0.05, 0) is 6.42 Å². The smallest absolute Gasteiger partial charge is 0.323 e. The molecule has 4 N–H and O–H groups in total. The molecule has 0 amide bonds. The van der Waals surface area contributed by atoms with E-state index >= 15 is 0 Å². The van der Waals surface area contributed by atoms with E-state index in [4.69, 9.17) is 10.8 Å². The maximum absolute atomic E-state index is 10.3. The Labute approximate surface area is 78.7 Å². The van der Waals surface area contributed by atoms with E-state index in [1.54, 1.807) is 0 Å². The summed E-state index contributed by atoms with van der Waals surface area (Å²) in [5, 5.41) is 17.8. The number of aliphatic hydroxyl groups is 1. The SMILES string of the molecule is CCCCCCC(O)[C@H](N)C(=O)O. The standard InChI is InChI=1S/C9H19NO3/c1-2-3-4-5-6-7(11)8(10)9(12)13/h7-8,11H,2-6,10H2,1H3,(H,12,13)/t7?,8-/m0/s1. The second-order valence-corrected chi connectivity index (χ2v) is 3.28. The van der Waals surface area contributed by atoms with Gasteiger partial charge in [0.05, 0.1) is 6.10 Å². The van der Waals surface area contributed by atoms with Crippen LogP contribution in [0.15, 0.2) is 0 Å². The fourth-order valence-electron chi connectivity index (χ4n) is 1.12. The lowest BCUT2D eigenvalue weighted by atomic mass is 10.0. The summed E-state index contributed by atoms with van der Waals surface area (Å²) in [6, 6.07) is -1.14. The van der Waals surface area contributed by atoms with Crippen LogP contribution in [0, 0.1) is 0 Å². The maximum atomic E-state index is 10.3. The predicted octanol–water partition coefficient (Wildman–Crippen LogP) is 0.730. The largest absolute Gasteiger partial charge is 0.480 e. The Kier molecular flexibility index (Phi) is 6.54. The summed E-state index contributed by atoms with van der Waals surface area (Å²) >= 11 is 0. The Morgan fingerprint density at radius 2 is 2.00 bits per heavy atom. The first-order chi connectivity index (χ1) is 6.09. The molecule has 0 spiro atoms. The zero-order chi connectivity index (χ0) is 10.3. The van der Waals surface area contributed by atoms with Gasteiger partial charge in [-0.2, -0.15) is 0 Å². The van der Waals surface area contributed by atoms with Crippen molar-refractivity contribution in [2.75, 3.05) is 0 Å². The van der Waals surface area contributed by atoms with Gasteiger partial charge >= 0.3 is 5.97 Å². The quantitative estimate of drug-likeness (QED) is 0.515. The van der Waals surface area contributed by atoms with Crippen LogP contribution in [-0.4, -0.2) is 28.3 Å². The topological polar surface area (TPSA) is 83.5 Å². The van der Waals surface area contributed by atoms with Gasteiger partial charge in [-0.3, -0.25) is 4.79 Å². The lowest BCUT2D eigenvalue weighted by molar-refractivity contribution is -0.141. The van der Waals surface area contributed by atoms with E-state index in [0.29, 0.717) is 6.42 Å². The molecule has 0 aliphatic rings. The average Bonchev–Trinajstić information content (AvgIpc) is 2.10. The first kappa shape index (κ1) is 12.4. The van der Waals surface area contributed by atoms with E-state index in [1.165, 1.54) is 0 Å². The second kappa shape index (κ2) is 6.86. The van der Waals surface area contributed by atoms with Crippen LogP contribution in [0.4, 0.5) is 0 Å². The molecule has 4 heteroatoms. The highest BCUT2D eigenvalue weighted by Gasteiger charge is 2.20. The summed E-state index contributed by atoms with van der Waals surface area (Å²) in [5.74, 6) is -1.14. The molecule has 0 saturated heterocycles. The monoisotopic (exact) mass is 189 g/mol. The molecule has 2 atom stereocenters. The normalized spacial score (nSPS) is 15.3. The lowest BCUT2D eigenvalue weighted by Crippen LogP contribution is -2.41. The van der Waals surface area contributed by atoms with Gasteiger partial charge in [0.1, 0.15) is 6.04 Å². The van der Waals surface area contributed by atoms with Gasteiger partial charge < -0.3 is 15.9 Å². The van der Waals surface area contributed by atoms with Gasteiger partial charge in [-0.15, -0.1) is 0 Å². The number of carboxylic acid groups (broad SMARTS) is 1. The minimum Gasteiger partial charge on any atom is -0.480 e. The summed E-state index contributed by atoms with van der Waals surface area (Å²) in [6.45, 7) is 2.10. The maximum Gasteiger partial charge on any atom is 0.323 e. The van der Waals surface area contributed by atoms with E-state index in [2.05, 4.69) is 6.92 Å². The van der Waals surface area contributed by atoms with Crippen molar-refractivity contribution < 1.29 is 15.0 Å². The highest BCUT2D eigenvalue weighted by Crippen LogP contribution is 2.07. The third-order valence-corrected chi connectivity index (χ3v) is 2.05. The predicted molar refractivity (Wildman–Crippen MR) is 50.4 cm³/mol. The Bertz CT molecular complexity index is 150. The third-order valence-electron chi connectivity index (χ3n) is 2.05. The Morgan fingerprint density at radius 1 is 1.38 bits per heavy atom. The van der Waals surface area contributed by atoms with Crippen molar-refractivity contribution >= 4 is 5.97 Å². The highest BCUT2D eigenvalue weighted by molar-refractivity contribution is 5.73. The molecule has 13 heavy (non-hydrogen) atoms. The number of unbranched alkanes of at least 4 members (excludes halogenated alkanes) is 3. The Hall–Kier alpha value is -0.610. The molecule has 0 aliphatic heterocycles. The van der Waals surface area contributed by atoms with Crippen LogP contribution in [0.25, 0.3) is 0 Å². The van der Waals surface area contributed by atoms with Crippen LogP contribution < -0.4 is 5.73 Å². The summed E-state index contributed by atoms with van der Waals surface area (Å²) < 4.78 is 0. The minimum absolute atomic E-state index is 0.480. The van der Waals surface area contributed by atoms with Crippen molar-refractivity contribution in [1.82, 2.24) is 0 Å². The number of rotatable bonds is 7. The first-order valence-corrected chi connectivity index (χ1v) is 4.76. The van der Waals surface area contributed by atoms with Crippen molar-refractivity contribution in [1.29, 1.82) is 0 Å². The van der Waals surface area contributed by atoms with Crippen LogP contribution in [0.5, 0.6) is 0 Å². The van der Waals surface area contributed by atoms with E-state index in [9.17, 15) is 9.90 Å². The van der Waals surface area contributed by atoms with Gasteiger partial charge in [-0.1, -0.05) is 32.6 Å². The number of hydrogen-bond donors (Lipinski definition) is 3. The van der Waals surface area contributed by atoms with Gasteiger partial charge in [-0.25, -0.2) is 0 Å². The number of carbonyl (C=O) groups is 1. The third kappa shape index (κ3) is 5.60. The molecule has 0 heterocycles. The van der Waals surface area contributed by atoms with E-state index < -0.39 is 18.1 Å². The molecule has 0 aliphatic carbocycles. The molecule has 0 aromatic carbocycles. The van der Waals surface area contributed by atoms with Crippen LogP contribution >= 0.6 is 0 Å². The Morgan fingerprint density at radius 3 is 2.46 bits per heavy atom. The molecular weight excluding hydrogens is 170 g/mol. The molecule has 0 bridgehead atoms. The molecular formula is C9H19NO3. The van der Waals surface area contributed by atoms with Crippen molar-refractivity contribution in [3.05, 3.63) is 0 Å². The number of carboxylic acids is 1. The summed E-state index contributed by atoms with van der Waals surface area (Å²) in [4.78, 5) is 10.3. The van der Waals surface area contributed by atoms with Crippen molar-refractivity contribution in [3.8, 4) is 0 Å². The number of hydrogen-bond acceptors (Lipinski definition) is 3. The molecule has 0 fully saturated rings. The number of nitrogens with two attached hydrogens (primary N) is 1. The molecule has 0 saturated carbocycles. The lowest BCUT2D eigenvalue weighted by Gasteiger charge is -2.14. The molecule has 0 radical (unpaired) electrons. The molecule has 4 nitrogen and oxygen atoms in total. The average molecular weight is 189 g/mol. The number of aliphatic hydroxyl groups excluding tert-OH is 1. The van der Waals surface area contributed by atoms with Crippen molar-refractivity contribution in [2.45, 2.75) is 51.2 Å². The molecule has 78 valence electrons. The highest BCUT2D eigenvalue weighted by atomic mass is 16.4. The van der Waals surface area contributed by atoms with Crippen LogP contribution in [0.3, 0.4) is 0 Å². The first-order valence-electron chi connectivity index (χ1n) is 4.76. The van der Waals surface area contributed by atoms with Gasteiger partial charge in [0.15, 0.2) is 0 Å². The fourth-order valence-corrected chi connectivity index (χ4v) is 1.12. The van der Waals surface area contributed by atoms with Crippen molar-refractivity contribution in [2.24, 2.45) is 5.73 Å². The molecule has 1 unspecified atom stereocenters. The van der Waals surface area contributed by atoms with Gasteiger partial charge in [0, 0.05) is 0 Å². The molecule has 0 rings (SSSR count). The van der Waals surface area contributed by atoms with E-state index in [0.717, 1.165) is 25.7 Å². The second-order valence-electron chi connectivity index (χ2n) is 3.28. The van der Waals surface area contributed by atoms with Crippen LogP contribution in [-0.2, 0) is 4.79 Å². The zero-order valence-electron chi connectivity index (χ0n) is 8.07. The summed E-state index contributed by atoms with van der Waals surface area (Å²) in [5.41, 5.74) is 5.23. The van der Waals surface area contributed by atoms with Gasteiger partial charge in [0.25, 0.3) is 0 Å². The summed E-state index contributed by atoms with van der Waals surface area (Å²) in [7, 11) is 0. The van der Waals surface area contributed by atoms with Gasteiger partial charge in [0.2, 0.25) is 0 Å². The van der Waals surface area contributed by atoms with E-state index in [1.807, 2.05) is 0 Å². The summed E-state index contributed by atoms with van der Waals surface area (Å²) in [6.07, 6.45) is 3.69. The van der Waals surface area contributed by atoms with Crippen molar-refractivity contribution in [3.63, 3.8) is 0 Å². The fraction of sp³-hybridized carbons (Fsp3) is 0.889. The van der Waals surface area contributed by atoms with E-state index in [-0.39, 0.29) is 0 Å². The minimum atomic E-state index is -1.14. The zero-order valence-corrected chi connectivity index (χ0v) is 8.07. The molecule has 0 aromatic rings. The molecule has 0 aromatic heterocycles. The Balaban J connectivity index is 3.50. The van der Waals surface area contributed by atoms with Crippen LogP contribution in [0.1, 0.15) is 39.0 Å².